The van der Waals surface area contributed by atoms with Gasteiger partial charge >= 0.3 is 0 Å². The highest BCUT2D eigenvalue weighted by Crippen LogP contribution is 2.44. The summed E-state index contributed by atoms with van der Waals surface area (Å²) in [5.74, 6) is -0.113. The Labute approximate surface area is 155 Å². The Morgan fingerprint density at radius 1 is 1.38 bits per heavy atom. The van der Waals surface area contributed by atoms with Crippen molar-refractivity contribution in [2.24, 2.45) is 4.99 Å². The van der Waals surface area contributed by atoms with Gasteiger partial charge in [0.05, 0.1) is 33.3 Å². The van der Waals surface area contributed by atoms with Crippen molar-refractivity contribution in [2.75, 3.05) is 16.4 Å². The largest absolute Gasteiger partial charge is 0.314 e. The normalized spacial score (nSPS) is 26.8. The van der Waals surface area contributed by atoms with Gasteiger partial charge < -0.3 is 4.90 Å². The van der Waals surface area contributed by atoms with Gasteiger partial charge in [0.15, 0.2) is 15.0 Å². The molecule has 2 saturated heterocycles. The summed E-state index contributed by atoms with van der Waals surface area (Å²) in [4.78, 5) is 17.9. The summed E-state index contributed by atoms with van der Waals surface area (Å²) in [6.07, 6.45) is 1.06. The van der Waals surface area contributed by atoms with Crippen molar-refractivity contribution in [1.29, 1.82) is 0 Å². The third kappa shape index (κ3) is 3.45. The SMILES string of the molecule is CCCC(=O)N=C1S[C@@H]2CS(=O)(=O)C[C@@H]2N1c1cccc(Cl)c1Cl. The number of amidine groups is 1. The Balaban J connectivity index is 2.05. The van der Waals surface area contributed by atoms with Crippen LogP contribution in [0.3, 0.4) is 0 Å². The van der Waals surface area contributed by atoms with E-state index >= 15 is 0 Å². The molecule has 0 unspecified atom stereocenters. The molecular weight excluding hydrogens is 391 g/mol. The maximum absolute atomic E-state index is 12.0. The zero-order chi connectivity index (χ0) is 17.5. The molecule has 9 heteroatoms. The van der Waals surface area contributed by atoms with E-state index in [0.717, 1.165) is 0 Å². The van der Waals surface area contributed by atoms with Crippen LogP contribution in [0, 0.1) is 0 Å². The average Bonchev–Trinajstić information content (AvgIpc) is 2.94. The molecule has 0 saturated carbocycles. The van der Waals surface area contributed by atoms with Crippen LogP contribution in [0.4, 0.5) is 5.69 Å². The zero-order valence-corrected chi connectivity index (χ0v) is 16.1. The van der Waals surface area contributed by atoms with Crippen molar-refractivity contribution in [3.8, 4) is 0 Å². The first-order valence-corrected chi connectivity index (χ1v) is 11.0. The number of hydrogen-bond acceptors (Lipinski definition) is 4. The first-order valence-electron chi connectivity index (χ1n) is 7.54. The van der Waals surface area contributed by atoms with Crippen molar-refractivity contribution >= 4 is 61.6 Å². The molecule has 2 heterocycles. The van der Waals surface area contributed by atoms with E-state index in [-0.39, 0.29) is 28.7 Å². The number of hydrogen-bond donors (Lipinski definition) is 0. The van der Waals surface area contributed by atoms with E-state index in [1.807, 2.05) is 6.92 Å². The summed E-state index contributed by atoms with van der Waals surface area (Å²) in [6.45, 7) is 1.91. The number of carbonyl (C=O) groups excluding carboxylic acids is 1. The molecule has 0 aliphatic carbocycles. The van der Waals surface area contributed by atoms with Gasteiger partial charge in [-0.3, -0.25) is 4.79 Å². The number of halogens is 2. The Bertz CT molecular complexity index is 811. The Morgan fingerprint density at radius 3 is 2.83 bits per heavy atom. The summed E-state index contributed by atoms with van der Waals surface area (Å²) < 4.78 is 24.0. The lowest BCUT2D eigenvalue weighted by atomic mass is 10.2. The Kier molecular flexibility index (Phi) is 5.16. The van der Waals surface area contributed by atoms with Crippen molar-refractivity contribution in [1.82, 2.24) is 0 Å². The second-order valence-electron chi connectivity index (χ2n) is 5.78. The molecule has 2 aliphatic heterocycles. The molecule has 2 atom stereocenters. The van der Waals surface area contributed by atoms with Crippen LogP contribution in [0.15, 0.2) is 23.2 Å². The third-order valence-electron chi connectivity index (χ3n) is 3.94. The molecule has 1 amide bonds. The van der Waals surface area contributed by atoms with Gasteiger partial charge in [-0.2, -0.15) is 4.99 Å². The number of rotatable bonds is 3. The number of carbonyl (C=O) groups is 1. The third-order valence-corrected chi connectivity index (χ3v) is 7.96. The van der Waals surface area contributed by atoms with E-state index in [1.54, 1.807) is 23.1 Å². The maximum atomic E-state index is 12.0. The van der Waals surface area contributed by atoms with Crippen molar-refractivity contribution in [3.05, 3.63) is 28.2 Å². The average molecular weight is 407 g/mol. The van der Waals surface area contributed by atoms with Gasteiger partial charge in [0.25, 0.3) is 0 Å². The van der Waals surface area contributed by atoms with Crippen molar-refractivity contribution in [3.63, 3.8) is 0 Å². The second-order valence-corrected chi connectivity index (χ2v) is 9.93. The lowest BCUT2D eigenvalue weighted by Crippen LogP contribution is -2.38. The summed E-state index contributed by atoms with van der Waals surface area (Å²) >= 11 is 13.8. The number of sulfone groups is 1. The highest BCUT2D eigenvalue weighted by atomic mass is 35.5. The van der Waals surface area contributed by atoms with Crippen molar-refractivity contribution < 1.29 is 13.2 Å². The molecule has 0 N–H and O–H groups in total. The predicted molar refractivity (Wildman–Crippen MR) is 100 cm³/mol. The van der Waals surface area contributed by atoms with Crippen LogP contribution in [0.5, 0.6) is 0 Å². The molecular formula is C15H16Cl2N2O3S2. The number of anilines is 1. The van der Waals surface area contributed by atoms with Gasteiger partial charge in [-0.15, -0.1) is 0 Å². The fourth-order valence-corrected chi connectivity index (χ4v) is 7.21. The molecule has 3 rings (SSSR count). The molecule has 1 aromatic rings. The number of thioether (sulfide) groups is 1. The standard InChI is InChI=1S/C15H16Cl2N2O3S2/c1-2-4-13(20)18-15-19(10-6-3-5-9(16)14(10)17)11-7-24(21,22)8-12(11)23-15/h3,5-6,11-12H,2,4,7-8H2,1H3/t11-,12+/m0/s1. The van der Waals surface area contributed by atoms with E-state index in [2.05, 4.69) is 4.99 Å². The summed E-state index contributed by atoms with van der Waals surface area (Å²) in [5, 5.41) is 1.06. The van der Waals surface area contributed by atoms with Gasteiger partial charge in [0.1, 0.15) is 0 Å². The Morgan fingerprint density at radius 2 is 2.12 bits per heavy atom. The fourth-order valence-electron chi connectivity index (χ4n) is 2.90. The smallest absolute Gasteiger partial charge is 0.248 e. The molecule has 1 aromatic carbocycles. The quantitative estimate of drug-likeness (QED) is 0.769. The minimum atomic E-state index is -3.11. The molecule has 2 aliphatic rings. The number of nitrogens with zero attached hydrogens (tertiary/aromatic N) is 2. The van der Waals surface area contributed by atoms with E-state index in [9.17, 15) is 13.2 Å². The Hall–Kier alpha value is -0.760. The summed E-state index contributed by atoms with van der Waals surface area (Å²) in [5.41, 5.74) is 0.587. The lowest BCUT2D eigenvalue weighted by molar-refractivity contribution is -0.117. The monoisotopic (exact) mass is 406 g/mol. The molecule has 5 nitrogen and oxygen atoms in total. The van der Waals surface area contributed by atoms with Gasteiger partial charge in [0.2, 0.25) is 5.91 Å². The molecule has 0 aromatic heterocycles. The molecule has 0 radical (unpaired) electrons. The molecule has 0 bridgehead atoms. The maximum Gasteiger partial charge on any atom is 0.248 e. The van der Waals surface area contributed by atoms with Crippen LogP contribution in [-0.4, -0.2) is 42.3 Å². The number of benzene rings is 1. The van der Waals surface area contributed by atoms with Crippen LogP contribution < -0.4 is 4.90 Å². The summed E-state index contributed by atoms with van der Waals surface area (Å²) in [6, 6.07) is 4.89. The van der Waals surface area contributed by atoms with Crippen molar-refractivity contribution in [2.45, 2.75) is 31.1 Å². The van der Waals surface area contributed by atoms with Gasteiger partial charge in [0, 0.05) is 11.7 Å². The molecule has 0 spiro atoms. The second kappa shape index (κ2) is 6.86. The van der Waals surface area contributed by atoms with E-state index < -0.39 is 9.84 Å². The van der Waals surface area contributed by atoms with Gasteiger partial charge in [-0.1, -0.05) is 48.0 Å². The van der Waals surface area contributed by atoms with E-state index in [0.29, 0.717) is 33.7 Å². The number of aliphatic imine (C=N–C) groups is 1. The highest BCUT2D eigenvalue weighted by molar-refractivity contribution is 8.16. The summed E-state index contributed by atoms with van der Waals surface area (Å²) in [7, 11) is -3.11. The minimum absolute atomic E-state index is 0.0223. The van der Waals surface area contributed by atoms with Crippen LogP contribution >= 0.6 is 35.0 Å². The number of fused-ring (bicyclic) bond motifs is 1. The zero-order valence-electron chi connectivity index (χ0n) is 12.9. The number of amides is 1. The van der Waals surface area contributed by atoms with Crippen LogP contribution in [0.1, 0.15) is 19.8 Å². The molecule has 2 fully saturated rings. The van der Waals surface area contributed by atoms with Gasteiger partial charge in [-0.05, 0) is 18.6 Å². The first kappa shape index (κ1) is 18.0. The minimum Gasteiger partial charge on any atom is -0.314 e. The topological polar surface area (TPSA) is 66.8 Å². The van der Waals surface area contributed by atoms with Crippen LogP contribution in [-0.2, 0) is 14.6 Å². The van der Waals surface area contributed by atoms with E-state index in [4.69, 9.17) is 23.2 Å². The molecule has 24 heavy (non-hydrogen) atoms. The lowest BCUT2D eigenvalue weighted by Gasteiger charge is -2.25. The fraction of sp³-hybridized carbons (Fsp3) is 0.467. The molecule has 130 valence electrons. The highest BCUT2D eigenvalue weighted by Gasteiger charge is 2.49. The first-order chi connectivity index (χ1) is 11.3. The predicted octanol–water partition coefficient (Wildman–Crippen LogP) is 3.39. The van der Waals surface area contributed by atoms with Crippen LogP contribution in [0.25, 0.3) is 0 Å². The van der Waals surface area contributed by atoms with Crippen LogP contribution in [0.2, 0.25) is 10.0 Å². The van der Waals surface area contributed by atoms with Gasteiger partial charge in [-0.25, -0.2) is 8.42 Å². The van der Waals surface area contributed by atoms with E-state index in [1.165, 1.54) is 11.8 Å².